The lowest BCUT2D eigenvalue weighted by atomic mass is 10.1. The van der Waals surface area contributed by atoms with Crippen LogP contribution in [0.1, 0.15) is 27.6 Å². The normalized spacial score (nSPS) is 24.9. The molecule has 5 heteroatoms. The second kappa shape index (κ2) is 3.94. The van der Waals surface area contributed by atoms with Crippen molar-refractivity contribution in [3.05, 3.63) is 35.4 Å². The van der Waals surface area contributed by atoms with Gasteiger partial charge >= 0.3 is 11.9 Å². The zero-order chi connectivity index (χ0) is 11.7. The van der Waals surface area contributed by atoms with E-state index in [0.717, 1.165) is 0 Å². The maximum Gasteiger partial charge on any atom is 0.340 e. The summed E-state index contributed by atoms with van der Waals surface area (Å²) in [6.45, 7) is 1.45. The first-order chi connectivity index (χ1) is 7.58. The molecule has 1 aromatic carbocycles. The van der Waals surface area contributed by atoms with E-state index in [2.05, 4.69) is 0 Å². The van der Waals surface area contributed by atoms with Crippen molar-refractivity contribution in [2.75, 3.05) is 0 Å². The molecular weight excluding hydrogens is 212 g/mol. The zero-order valence-electron chi connectivity index (χ0n) is 8.54. The van der Waals surface area contributed by atoms with Crippen LogP contribution in [0.2, 0.25) is 0 Å². The average molecular weight is 222 g/mol. The van der Waals surface area contributed by atoms with E-state index in [0.29, 0.717) is 5.56 Å². The van der Waals surface area contributed by atoms with E-state index in [1.165, 1.54) is 31.2 Å². The molecule has 0 fully saturated rings. The quantitative estimate of drug-likeness (QED) is 0.655. The molecule has 2 atom stereocenters. The first-order valence-corrected chi connectivity index (χ1v) is 4.78. The van der Waals surface area contributed by atoms with Gasteiger partial charge in [-0.2, -0.15) is 0 Å². The third-order valence-electron chi connectivity index (χ3n) is 2.28. The van der Waals surface area contributed by atoms with Crippen molar-refractivity contribution in [1.82, 2.24) is 0 Å². The Hall–Kier alpha value is -1.88. The SMILES string of the molecule is CC1OC(=O)c2ccc(cc2)C(=O)OC1O. The van der Waals surface area contributed by atoms with Gasteiger partial charge in [-0.25, -0.2) is 9.59 Å². The van der Waals surface area contributed by atoms with E-state index in [1.54, 1.807) is 0 Å². The van der Waals surface area contributed by atoms with E-state index in [1.807, 2.05) is 0 Å². The molecule has 0 saturated heterocycles. The number of carbonyl (C=O) groups is 2. The highest BCUT2D eigenvalue weighted by Crippen LogP contribution is 2.14. The number of carbonyl (C=O) groups excluding carboxylic acids is 2. The van der Waals surface area contributed by atoms with E-state index in [4.69, 9.17) is 9.47 Å². The monoisotopic (exact) mass is 222 g/mol. The summed E-state index contributed by atoms with van der Waals surface area (Å²) < 4.78 is 9.61. The number of rotatable bonds is 0. The minimum absolute atomic E-state index is 0.282. The molecule has 0 aliphatic carbocycles. The highest BCUT2D eigenvalue weighted by atomic mass is 16.7. The van der Waals surface area contributed by atoms with E-state index in [-0.39, 0.29) is 5.56 Å². The van der Waals surface area contributed by atoms with Gasteiger partial charge in [0, 0.05) is 0 Å². The van der Waals surface area contributed by atoms with Gasteiger partial charge in [0.25, 0.3) is 0 Å². The number of benzene rings is 1. The molecule has 0 radical (unpaired) electrons. The second-order valence-corrected chi connectivity index (χ2v) is 3.48. The van der Waals surface area contributed by atoms with Crippen LogP contribution in [0.5, 0.6) is 0 Å². The van der Waals surface area contributed by atoms with Crippen molar-refractivity contribution in [3.63, 3.8) is 0 Å². The van der Waals surface area contributed by atoms with Gasteiger partial charge in [-0.1, -0.05) is 0 Å². The number of aliphatic hydroxyl groups excluding tert-OH is 1. The van der Waals surface area contributed by atoms with Crippen molar-refractivity contribution in [1.29, 1.82) is 0 Å². The first kappa shape index (κ1) is 10.6. The summed E-state index contributed by atoms with van der Waals surface area (Å²) in [6.07, 6.45) is -2.35. The molecule has 3 rings (SSSR count). The van der Waals surface area contributed by atoms with Gasteiger partial charge in [-0.3, -0.25) is 0 Å². The van der Waals surface area contributed by atoms with Gasteiger partial charge in [0.1, 0.15) is 0 Å². The van der Waals surface area contributed by atoms with E-state index in [9.17, 15) is 14.7 Å². The number of hydrogen-bond donors (Lipinski definition) is 1. The molecule has 84 valence electrons. The third kappa shape index (κ3) is 1.90. The van der Waals surface area contributed by atoms with Crippen LogP contribution < -0.4 is 0 Å². The lowest BCUT2D eigenvalue weighted by Gasteiger charge is -2.21. The molecule has 2 aliphatic rings. The molecule has 16 heavy (non-hydrogen) atoms. The minimum Gasteiger partial charge on any atom is -0.452 e. The molecule has 2 heterocycles. The fraction of sp³-hybridized carbons (Fsp3) is 0.273. The van der Waals surface area contributed by atoms with Crippen LogP contribution in [-0.4, -0.2) is 29.4 Å². The molecular formula is C11H10O5. The molecule has 0 amide bonds. The van der Waals surface area contributed by atoms with Crippen LogP contribution in [0.3, 0.4) is 0 Å². The number of fused-ring (bicyclic) bond motifs is 7. The van der Waals surface area contributed by atoms with Crippen molar-refractivity contribution in [3.8, 4) is 0 Å². The standard InChI is InChI=1S/C11H10O5/c1-6-9(12)16-11(14)8-4-2-7(3-5-8)10(13)15-6/h2-6,9,12H,1H3. The van der Waals surface area contributed by atoms with Crippen LogP contribution in [0.25, 0.3) is 0 Å². The Morgan fingerprint density at radius 1 is 1.00 bits per heavy atom. The van der Waals surface area contributed by atoms with Crippen LogP contribution in [0, 0.1) is 0 Å². The second-order valence-electron chi connectivity index (χ2n) is 3.48. The number of esters is 2. The molecule has 5 nitrogen and oxygen atoms in total. The van der Waals surface area contributed by atoms with Crippen molar-refractivity contribution >= 4 is 11.9 Å². The van der Waals surface area contributed by atoms with Crippen LogP contribution in [-0.2, 0) is 9.47 Å². The van der Waals surface area contributed by atoms with Gasteiger partial charge in [0.05, 0.1) is 11.1 Å². The summed E-state index contributed by atoms with van der Waals surface area (Å²) in [7, 11) is 0. The fourth-order valence-corrected chi connectivity index (χ4v) is 1.31. The summed E-state index contributed by atoms with van der Waals surface area (Å²) in [4.78, 5) is 23.0. The van der Waals surface area contributed by atoms with Gasteiger partial charge in [0.2, 0.25) is 6.29 Å². The molecule has 0 saturated carbocycles. The van der Waals surface area contributed by atoms with Crippen molar-refractivity contribution in [2.45, 2.75) is 19.3 Å². The van der Waals surface area contributed by atoms with Gasteiger partial charge < -0.3 is 14.6 Å². The summed E-state index contributed by atoms with van der Waals surface area (Å²) in [5.74, 6) is -1.21. The van der Waals surface area contributed by atoms with Gasteiger partial charge in [0.15, 0.2) is 6.10 Å². The van der Waals surface area contributed by atoms with Crippen LogP contribution in [0.15, 0.2) is 24.3 Å². The molecule has 1 N–H and O–H groups in total. The topological polar surface area (TPSA) is 72.8 Å². The minimum atomic E-state index is -1.45. The fourth-order valence-electron chi connectivity index (χ4n) is 1.31. The Morgan fingerprint density at radius 3 is 1.94 bits per heavy atom. The summed E-state index contributed by atoms with van der Waals surface area (Å²) in [6, 6.07) is 5.84. The largest absolute Gasteiger partial charge is 0.452 e. The number of ether oxygens (including phenoxy) is 2. The molecule has 1 aromatic rings. The average Bonchev–Trinajstić information content (AvgIpc) is 2.28. The highest BCUT2D eigenvalue weighted by Gasteiger charge is 2.25. The van der Waals surface area contributed by atoms with Crippen LogP contribution in [0.4, 0.5) is 0 Å². The molecule has 0 spiro atoms. The smallest absolute Gasteiger partial charge is 0.340 e. The van der Waals surface area contributed by atoms with E-state index < -0.39 is 24.3 Å². The van der Waals surface area contributed by atoms with Gasteiger partial charge in [-0.15, -0.1) is 0 Å². The third-order valence-corrected chi connectivity index (χ3v) is 2.28. The molecule has 2 bridgehead atoms. The zero-order valence-corrected chi connectivity index (χ0v) is 8.54. The predicted molar refractivity (Wildman–Crippen MR) is 52.7 cm³/mol. The molecule has 0 aromatic heterocycles. The first-order valence-electron chi connectivity index (χ1n) is 4.78. The Bertz CT molecular complexity index is 382. The maximum atomic E-state index is 11.5. The highest BCUT2D eigenvalue weighted by molar-refractivity contribution is 5.93. The van der Waals surface area contributed by atoms with Gasteiger partial charge in [-0.05, 0) is 31.2 Å². The lowest BCUT2D eigenvalue weighted by molar-refractivity contribution is -0.127. The molecule has 2 aliphatic heterocycles. The van der Waals surface area contributed by atoms with Crippen LogP contribution >= 0.6 is 0 Å². The lowest BCUT2D eigenvalue weighted by Crippen LogP contribution is -2.33. The predicted octanol–water partition coefficient (Wildman–Crippen LogP) is 0.721. The summed E-state index contributed by atoms with van der Waals surface area (Å²) >= 11 is 0. The maximum absolute atomic E-state index is 11.5. The number of hydrogen-bond acceptors (Lipinski definition) is 5. The summed E-state index contributed by atoms with van der Waals surface area (Å²) in [5.41, 5.74) is 0.613. The van der Waals surface area contributed by atoms with Crippen molar-refractivity contribution in [2.24, 2.45) is 0 Å². The Balaban J connectivity index is 2.41. The molecule has 2 unspecified atom stereocenters. The summed E-state index contributed by atoms with van der Waals surface area (Å²) in [5, 5.41) is 9.42. The Labute approximate surface area is 91.6 Å². The Morgan fingerprint density at radius 2 is 1.44 bits per heavy atom. The van der Waals surface area contributed by atoms with E-state index >= 15 is 0 Å². The van der Waals surface area contributed by atoms with Crippen molar-refractivity contribution < 1.29 is 24.2 Å². The Kier molecular flexibility index (Phi) is 2.62. The number of aliphatic hydroxyl groups is 1.